The number of carbonyl (C=O) groups is 6. The molecule has 8 N–H and O–H groups in total. The fraction of sp³-hybridized carbons (Fsp3) is 0.571. The first kappa shape index (κ1) is 32.5. The predicted octanol–water partition coefficient (Wildman–Crippen LogP) is -0.488. The number of aromatic carboxylic acids is 2. The number of benzene rings is 1. The van der Waals surface area contributed by atoms with Gasteiger partial charge in [-0.05, 0) is 82.7 Å². The van der Waals surface area contributed by atoms with Crippen LogP contribution in [0.1, 0.15) is 72.1 Å². The third-order valence-electron chi connectivity index (χ3n) is 7.80. The smallest absolute Gasteiger partial charge is 0.335 e. The summed E-state index contributed by atoms with van der Waals surface area (Å²) < 4.78 is 0. The first-order valence-corrected chi connectivity index (χ1v) is 14.2. The zero-order valence-corrected chi connectivity index (χ0v) is 23.5. The van der Waals surface area contributed by atoms with Gasteiger partial charge in [0.15, 0.2) is 0 Å². The van der Waals surface area contributed by atoms with Crippen LogP contribution in [0, 0.1) is 0 Å². The number of carboxylic acid groups (broad SMARTS) is 2. The summed E-state index contributed by atoms with van der Waals surface area (Å²) in [6.45, 7) is 3.13. The third kappa shape index (κ3) is 8.49. The summed E-state index contributed by atoms with van der Waals surface area (Å²) in [4.78, 5) is 70.4. The van der Waals surface area contributed by atoms with Crippen molar-refractivity contribution in [3.63, 3.8) is 0 Å². The number of hydrogen-bond donors (Lipinski definition) is 6. The predicted molar refractivity (Wildman–Crippen MR) is 150 cm³/mol. The number of primary amides is 2. The van der Waals surface area contributed by atoms with Crippen molar-refractivity contribution in [1.29, 1.82) is 0 Å². The summed E-state index contributed by atoms with van der Waals surface area (Å²) in [7, 11) is 0. The molecular weight excluding hydrogens is 548 g/mol. The highest BCUT2D eigenvalue weighted by Crippen LogP contribution is 2.21. The normalized spacial score (nSPS) is 24.7. The second-order valence-electron chi connectivity index (χ2n) is 10.7. The van der Waals surface area contributed by atoms with Gasteiger partial charge in [0, 0.05) is 13.1 Å². The summed E-state index contributed by atoms with van der Waals surface area (Å²) in [6.07, 6.45) is 7.01. The zero-order valence-electron chi connectivity index (χ0n) is 23.5. The highest BCUT2D eigenvalue weighted by molar-refractivity contribution is 5.93. The monoisotopic (exact) mass is 588 g/mol. The van der Waals surface area contributed by atoms with Crippen LogP contribution in [-0.2, 0) is 19.2 Å². The van der Waals surface area contributed by atoms with E-state index in [1.807, 2.05) is 0 Å². The second-order valence-corrected chi connectivity index (χ2v) is 10.7. The van der Waals surface area contributed by atoms with E-state index in [1.165, 1.54) is 18.2 Å². The number of rotatable bonds is 6. The van der Waals surface area contributed by atoms with Crippen molar-refractivity contribution >= 4 is 35.6 Å². The van der Waals surface area contributed by atoms with Gasteiger partial charge in [-0.1, -0.05) is 6.07 Å². The Morgan fingerprint density at radius 1 is 0.667 bits per heavy atom. The molecule has 230 valence electrons. The van der Waals surface area contributed by atoms with Crippen molar-refractivity contribution in [3.05, 3.63) is 35.4 Å². The van der Waals surface area contributed by atoms with E-state index in [0.29, 0.717) is 25.9 Å². The van der Waals surface area contributed by atoms with Crippen molar-refractivity contribution in [2.24, 2.45) is 11.5 Å². The Kier molecular flexibility index (Phi) is 11.8. The maximum atomic E-state index is 12.0. The Morgan fingerprint density at radius 3 is 1.38 bits per heavy atom. The molecule has 4 atom stereocenters. The number of carboxylic acids is 2. The van der Waals surface area contributed by atoms with Gasteiger partial charge in [-0.25, -0.2) is 9.59 Å². The summed E-state index contributed by atoms with van der Waals surface area (Å²) in [6, 6.07) is 4.26. The van der Waals surface area contributed by atoms with Crippen molar-refractivity contribution in [3.8, 4) is 0 Å². The Morgan fingerprint density at radius 2 is 1.07 bits per heavy atom. The zero-order chi connectivity index (χ0) is 30.8. The minimum Gasteiger partial charge on any atom is -0.478 e. The lowest BCUT2D eigenvalue weighted by Gasteiger charge is -2.25. The highest BCUT2D eigenvalue weighted by Gasteiger charge is 2.37. The van der Waals surface area contributed by atoms with Gasteiger partial charge in [0.1, 0.15) is 12.1 Å². The van der Waals surface area contributed by atoms with Crippen LogP contribution in [0.3, 0.4) is 0 Å². The maximum Gasteiger partial charge on any atom is 0.335 e. The van der Waals surface area contributed by atoms with Gasteiger partial charge < -0.3 is 42.1 Å². The van der Waals surface area contributed by atoms with Crippen LogP contribution in [-0.4, -0.2) is 106 Å². The minimum absolute atomic E-state index is 0.0186. The van der Waals surface area contributed by atoms with E-state index in [-0.39, 0.29) is 58.9 Å². The van der Waals surface area contributed by atoms with Gasteiger partial charge in [-0.2, -0.15) is 0 Å². The van der Waals surface area contributed by atoms with Crippen molar-refractivity contribution in [1.82, 2.24) is 20.4 Å². The average molecular weight is 589 g/mol. The molecular formula is C28H40N6O8. The highest BCUT2D eigenvalue weighted by atomic mass is 16.4. The van der Waals surface area contributed by atoms with Crippen molar-refractivity contribution in [2.75, 3.05) is 26.2 Å². The molecule has 4 amide bonds. The van der Waals surface area contributed by atoms with E-state index in [4.69, 9.17) is 21.7 Å². The molecule has 4 aliphatic rings. The molecule has 4 saturated heterocycles. The molecule has 1 aromatic rings. The summed E-state index contributed by atoms with van der Waals surface area (Å²) in [5.74, 6) is -2.91. The fourth-order valence-electron chi connectivity index (χ4n) is 5.63. The van der Waals surface area contributed by atoms with E-state index in [1.54, 1.807) is 9.80 Å². The van der Waals surface area contributed by atoms with Crippen molar-refractivity contribution in [2.45, 2.75) is 75.5 Å². The van der Waals surface area contributed by atoms with Crippen molar-refractivity contribution < 1.29 is 39.0 Å². The SMILES string of the molecule is NC(=O)C1CCCN1C(=O)[C@@H]1CCCN1.NC(=O)C1CCCN1C(=O)[C@@H]1CCCN1.O=C(O)c1cccc(C(=O)O)c1. The molecule has 4 fully saturated rings. The molecule has 0 bridgehead atoms. The molecule has 2 unspecified atom stereocenters. The lowest BCUT2D eigenvalue weighted by Crippen LogP contribution is -2.49. The topological polar surface area (TPSA) is 225 Å². The molecule has 14 heteroatoms. The Bertz CT molecular complexity index is 1080. The van der Waals surface area contributed by atoms with Gasteiger partial charge in [-0.15, -0.1) is 0 Å². The van der Waals surface area contributed by atoms with Gasteiger partial charge in [-0.3, -0.25) is 19.2 Å². The van der Waals surface area contributed by atoms with Gasteiger partial charge >= 0.3 is 11.9 Å². The number of likely N-dealkylation sites (tertiary alicyclic amines) is 2. The lowest BCUT2D eigenvalue weighted by molar-refractivity contribution is -0.138. The minimum atomic E-state index is -1.13. The number of nitrogens with zero attached hydrogens (tertiary/aromatic N) is 2. The standard InChI is InChI=1S/2C10H17N3O2.C8H6O4/c2*11-9(14)8-4-2-6-13(8)10(15)7-3-1-5-12-7;9-7(10)5-2-1-3-6(4-5)8(11)12/h2*7-8,12H,1-6H2,(H2,11,14);1-4H,(H,9,10)(H,11,12)/t2*7-,8?;/m00./s1. The second kappa shape index (κ2) is 15.3. The number of nitrogens with one attached hydrogen (secondary N) is 2. The molecule has 0 spiro atoms. The van der Waals surface area contributed by atoms with E-state index >= 15 is 0 Å². The Balaban J connectivity index is 0.000000174. The third-order valence-corrected chi connectivity index (χ3v) is 7.80. The van der Waals surface area contributed by atoms with E-state index in [0.717, 1.165) is 57.7 Å². The van der Waals surface area contributed by atoms with Crippen LogP contribution in [0.15, 0.2) is 24.3 Å². The maximum absolute atomic E-state index is 12.0. The summed E-state index contributed by atoms with van der Waals surface area (Å²) in [5.41, 5.74) is 10.5. The average Bonchev–Trinajstić information content (AvgIpc) is 3.79. The molecule has 0 aromatic heterocycles. The number of amides is 4. The molecule has 0 radical (unpaired) electrons. The quantitative estimate of drug-likeness (QED) is 0.250. The van der Waals surface area contributed by atoms with Crippen LogP contribution < -0.4 is 22.1 Å². The largest absolute Gasteiger partial charge is 0.478 e. The molecule has 1 aromatic carbocycles. The van der Waals surface area contributed by atoms with Crippen LogP contribution in [0.4, 0.5) is 0 Å². The Labute approximate surface area is 243 Å². The molecule has 4 aliphatic heterocycles. The van der Waals surface area contributed by atoms with E-state index in [2.05, 4.69) is 10.6 Å². The molecule has 4 heterocycles. The fourth-order valence-corrected chi connectivity index (χ4v) is 5.63. The van der Waals surface area contributed by atoms with Crippen LogP contribution >= 0.6 is 0 Å². The van der Waals surface area contributed by atoms with E-state index in [9.17, 15) is 28.8 Å². The first-order valence-electron chi connectivity index (χ1n) is 14.2. The molecule has 0 saturated carbocycles. The van der Waals surface area contributed by atoms with Crippen LogP contribution in [0.5, 0.6) is 0 Å². The molecule has 14 nitrogen and oxygen atoms in total. The van der Waals surface area contributed by atoms with Crippen LogP contribution in [0.25, 0.3) is 0 Å². The Hall–Kier alpha value is -4.04. The number of carbonyl (C=O) groups excluding carboxylic acids is 4. The molecule has 42 heavy (non-hydrogen) atoms. The van der Waals surface area contributed by atoms with Gasteiger partial charge in [0.25, 0.3) is 0 Å². The number of nitrogens with two attached hydrogens (primary N) is 2. The summed E-state index contributed by atoms with van der Waals surface area (Å²) in [5, 5.41) is 23.3. The summed E-state index contributed by atoms with van der Waals surface area (Å²) >= 11 is 0. The van der Waals surface area contributed by atoms with Gasteiger partial charge in [0.2, 0.25) is 23.6 Å². The van der Waals surface area contributed by atoms with Crippen LogP contribution in [0.2, 0.25) is 0 Å². The van der Waals surface area contributed by atoms with E-state index < -0.39 is 11.9 Å². The molecule has 5 rings (SSSR count). The first-order chi connectivity index (χ1) is 20.0. The molecule has 0 aliphatic carbocycles. The van der Waals surface area contributed by atoms with Gasteiger partial charge in [0.05, 0.1) is 23.2 Å². The lowest BCUT2D eigenvalue weighted by atomic mass is 10.1. The number of hydrogen-bond acceptors (Lipinski definition) is 8.